The number of carbonyl (C=O) groups is 1. The Morgan fingerprint density at radius 2 is 2.00 bits per heavy atom. The first kappa shape index (κ1) is 18.1. The first-order valence-electron chi connectivity index (χ1n) is 8.44. The number of fused-ring (bicyclic) bond motifs is 1. The van der Waals surface area contributed by atoms with E-state index in [9.17, 15) is 4.79 Å². The van der Waals surface area contributed by atoms with Gasteiger partial charge in [0.1, 0.15) is 10.1 Å². The van der Waals surface area contributed by atoms with Gasteiger partial charge >= 0.3 is 0 Å². The fourth-order valence-corrected chi connectivity index (χ4v) is 4.16. The number of carbonyl (C=O) groups excluding carboxylic acids is 1. The predicted molar refractivity (Wildman–Crippen MR) is 108 cm³/mol. The van der Waals surface area contributed by atoms with Crippen molar-refractivity contribution in [2.75, 3.05) is 26.2 Å². The van der Waals surface area contributed by atoms with E-state index in [1.165, 1.54) is 11.8 Å². The van der Waals surface area contributed by atoms with Crippen molar-refractivity contribution in [3.8, 4) is 0 Å². The van der Waals surface area contributed by atoms with E-state index >= 15 is 0 Å². The van der Waals surface area contributed by atoms with Gasteiger partial charge in [0, 0.05) is 26.2 Å². The van der Waals surface area contributed by atoms with Crippen LogP contribution in [0.15, 0.2) is 29.2 Å². The van der Waals surface area contributed by atoms with Crippen LogP contribution in [0.25, 0.3) is 17.1 Å². The third-order valence-electron chi connectivity index (χ3n) is 4.49. The summed E-state index contributed by atoms with van der Waals surface area (Å²) in [6.45, 7) is 7.66. The number of amides is 1. The summed E-state index contributed by atoms with van der Waals surface area (Å²) in [5.74, 6) is 0.750. The maximum Gasteiger partial charge on any atom is 0.266 e. The van der Waals surface area contributed by atoms with Gasteiger partial charge < -0.3 is 9.47 Å². The summed E-state index contributed by atoms with van der Waals surface area (Å²) in [6, 6.07) is 7.95. The summed E-state index contributed by atoms with van der Waals surface area (Å²) in [6.07, 6.45) is 1.84. The molecule has 2 heterocycles. The van der Waals surface area contributed by atoms with Gasteiger partial charge in [-0.05, 0) is 25.2 Å². The minimum atomic E-state index is -0.0192. The van der Waals surface area contributed by atoms with Crippen molar-refractivity contribution in [2.24, 2.45) is 7.05 Å². The second-order valence-corrected chi connectivity index (χ2v) is 7.55. The zero-order valence-corrected chi connectivity index (χ0v) is 16.4. The average molecular weight is 375 g/mol. The highest BCUT2D eigenvalue weighted by atomic mass is 32.2. The van der Waals surface area contributed by atoms with Gasteiger partial charge in [0.15, 0.2) is 0 Å². The molecule has 2 aromatic rings. The molecule has 0 saturated carbocycles. The van der Waals surface area contributed by atoms with Gasteiger partial charge in [0.2, 0.25) is 0 Å². The van der Waals surface area contributed by atoms with Crippen LogP contribution in [0.2, 0.25) is 0 Å². The molecule has 0 atom stereocenters. The van der Waals surface area contributed by atoms with Crippen LogP contribution in [0.5, 0.6) is 0 Å². The third kappa shape index (κ3) is 3.63. The van der Waals surface area contributed by atoms with Crippen molar-refractivity contribution in [3.63, 3.8) is 0 Å². The lowest BCUT2D eigenvalue weighted by Gasteiger charge is -2.21. The van der Waals surface area contributed by atoms with E-state index in [4.69, 9.17) is 12.2 Å². The maximum atomic E-state index is 12.7. The SMILES string of the molecule is CCN(CC)CCN1C(=O)C(=Cc2nc3ccccc3n2C)SC1=S. The highest BCUT2D eigenvalue weighted by molar-refractivity contribution is 8.26. The first-order chi connectivity index (χ1) is 12.0. The molecular formula is C18H22N4OS2. The van der Waals surface area contributed by atoms with Gasteiger partial charge in [-0.1, -0.05) is 50.0 Å². The Labute approximate surface area is 157 Å². The molecule has 7 heteroatoms. The molecule has 25 heavy (non-hydrogen) atoms. The second-order valence-electron chi connectivity index (χ2n) is 5.88. The fraction of sp³-hybridized carbons (Fsp3) is 0.389. The van der Waals surface area contributed by atoms with E-state index in [-0.39, 0.29) is 5.91 Å². The number of para-hydroxylation sites is 2. The molecule has 1 aromatic carbocycles. The number of hydrogen-bond acceptors (Lipinski definition) is 5. The van der Waals surface area contributed by atoms with Crippen LogP contribution in [-0.4, -0.2) is 55.8 Å². The van der Waals surface area contributed by atoms with Crippen molar-refractivity contribution in [2.45, 2.75) is 13.8 Å². The Morgan fingerprint density at radius 3 is 2.68 bits per heavy atom. The molecule has 1 amide bonds. The zero-order valence-electron chi connectivity index (χ0n) is 14.7. The van der Waals surface area contributed by atoms with Gasteiger partial charge in [-0.3, -0.25) is 9.69 Å². The molecule has 132 valence electrons. The van der Waals surface area contributed by atoms with Crippen molar-refractivity contribution >= 4 is 51.3 Å². The van der Waals surface area contributed by atoms with Crippen molar-refractivity contribution in [1.82, 2.24) is 19.4 Å². The zero-order chi connectivity index (χ0) is 18.0. The minimum absolute atomic E-state index is 0.0192. The quantitative estimate of drug-likeness (QED) is 0.574. The molecule has 0 radical (unpaired) electrons. The molecule has 1 aliphatic heterocycles. The normalized spacial score (nSPS) is 16.8. The van der Waals surface area contributed by atoms with E-state index in [1.54, 1.807) is 4.90 Å². The molecule has 0 aliphatic carbocycles. The molecular weight excluding hydrogens is 352 g/mol. The second kappa shape index (κ2) is 7.68. The molecule has 0 bridgehead atoms. The number of aryl methyl sites for hydroxylation is 1. The van der Waals surface area contributed by atoms with Crippen LogP contribution >= 0.6 is 24.0 Å². The van der Waals surface area contributed by atoms with Crippen LogP contribution < -0.4 is 0 Å². The summed E-state index contributed by atoms with van der Waals surface area (Å²) >= 11 is 6.77. The van der Waals surface area contributed by atoms with Gasteiger partial charge in [0.05, 0.1) is 15.9 Å². The van der Waals surface area contributed by atoms with Crippen molar-refractivity contribution < 1.29 is 4.79 Å². The molecule has 3 rings (SSSR count). The summed E-state index contributed by atoms with van der Waals surface area (Å²) in [4.78, 5) is 22.0. The smallest absolute Gasteiger partial charge is 0.266 e. The lowest BCUT2D eigenvalue weighted by molar-refractivity contribution is -0.122. The number of aromatic nitrogens is 2. The molecule has 5 nitrogen and oxygen atoms in total. The summed E-state index contributed by atoms with van der Waals surface area (Å²) in [5.41, 5.74) is 1.97. The summed E-state index contributed by atoms with van der Waals surface area (Å²) in [5, 5.41) is 0. The van der Waals surface area contributed by atoms with Crippen LogP contribution in [0.1, 0.15) is 19.7 Å². The van der Waals surface area contributed by atoms with Gasteiger partial charge in [-0.15, -0.1) is 0 Å². The number of thioether (sulfide) groups is 1. The Kier molecular flexibility index (Phi) is 5.56. The molecule has 1 saturated heterocycles. The van der Waals surface area contributed by atoms with E-state index in [1.807, 2.05) is 42.0 Å². The topological polar surface area (TPSA) is 41.4 Å². The van der Waals surface area contributed by atoms with E-state index in [0.717, 1.165) is 36.5 Å². The Morgan fingerprint density at radius 1 is 1.28 bits per heavy atom. The minimum Gasteiger partial charge on any atom is -0.328 e. The van der Waals surface area contributed by atoms with Gasteiger partial charge in [-0.2, -0.15) is 0 Å². The summed E-state index contributed by atoms with van der Waals surface area (Å²) in [7, 11) is 1.96. The monoisotopic (exact) mass is 374 g/mol. The van der Waals surface area contributed by atoms with E-state index in [0.29, 0.717) is 15.8 Å². The molecule has 0 N–H and O–H groups in total. The molecule has 1 aliphatic rings. The molecule has 1 fully saturated rings. The number of nitrogens with zero attached hydrogens (tertiary/aromatic N) is 4. The largest absolute Gasteiger partial charge is 0.328 e. The van der Waals surface area contributed by atoms with E-state index in [2.05, 4.69) is 23.7 Å². The number of benzene rings is 1. The highest BCUT2D eigenvalue weighted by Crippen LogP contribution is 2.32. The van der Waals surface area contributed by atoms with Crippen LogP contribution in [0.3, 0.4) is 0 Å². The molecule has 0 spiro atoms. The highest BCUT2D eigenvalue weighted by Gasteiger charge is 2.32. The maximum absolute atomic E-state index is 12.7. The van der Waals surface area contributed by atoms with E-state index < -0.39 is 0 Å². The lowest BCUT2D eigenvalue weighted by atomic mass is 10.3. The Balaban J connectivity index is 1.81. The lowest BCUT2D eigenvalue weighted by Crippen LogP contribution is -2.37. The predicted octanol–water partition coefficient (Wildman–Crippen LogP) is 3.12. The Hall–Kier alpha value is -1.70. The average Bonchev–Trinajstić information content (AvgIpc) is 3.07. The number of rotatable bonds is 6. The van der Waals surface area contributed by atoms with Crippen molar-refractivity contribution in [3.05, 3.63) is 35.0 Å². The number of hydrogen-bond donors (Lipinski definition) is 0. The number of thiocarbonyl (C=S) groups is 1. The third-order valence-corrected chi connectivity index (χ3v) is 5.87. The molecule has 0 unspecified atom stereocenters. The van der Waals surface area contributed by atoms with Crippen LogP contribution in [-0.2, 0) is 11.8 Å². The van der Waals surface area contributed by atoms with Gasteiger partial charge in [-0.25, -0.2) is 4.98 Å². The number of imidazole rings is 1. The Bertz CT molecular complexity index is 839. The fourth-order valence-electron chi connectivity index (χ4n) is 2.88. The molecule has 1 aromatic heterocycles. The first-order valence-corrected chi connectivity index (χ1v) is 9.66. The van der Waals surface area contributed by atoms with Crippen LogP contribution in [0.4, 0.5) is 0 Å². The van der Waals surface area contributed by atoms with Crippen molar-refractivity contribution in [1.29, 1.82) is 0 Å². The summed E-state index contributed by atoms with van der Waals surface area (Å²) < 4.78 is 2.62. The number of likely N-dealkylation sites (N-methyl/N-ethyl adjacent to an activating group) is 1. The van der Waals surface area contributed by atoms with Crippen LogP contribution in [0, 0.1) is 0 Å². The van der Waals surface area contributed by atoms with Gasteiger partial charge in [0.25, 0.3) is 5.91 Å². The standard InChI is InChI=1S/C18H22N4OS2/c1-4-21(5-2)10-11-22-17(23)15(25-18(22)24)12-16-19-13-8-6-7-9-14(13)20(16)3/h6-9,12H,4-5,10-11H2,1-3H3.